The first-order valence-corrected chi connectivity index (χ1v) is 14.4. The molecule has 0 spiro atoms. The summed E-state index contributed by atoms with van der Waals surface area (Å²) in [6, 6.07) is 4.06. The molecule has 2 aliphatic rings. The summed E-state index contributed by atoms with van der Waals surface area (Å²) in [5, 5.41) is 28.9. The first kappa shape index (κ1) is 32.3. The Kier molecular flexibility index (Phi) is 9.70. The minimum absolute atomic E-state index is 0.0791. The molecule has 3 heterocycles. The number of aliphatic hydroxyl groups is 1. The highest BCUT2D eigenvalue weighted by Gasteiger charge is 2.60. The van der Waals surface area contributed by atoms with Crippen molar-refractivity contribution in [1.29, 1.82) is 5.26 Å². The molecule has 43 heavy (non-hydrogen) atoms. The quantitative estimate of drug-likeness (QED) is 0.315. The predicted octanol–water partition coefficient (Wildman–Crippen LogP) is 1.59. The molecule has 14 heteroatoms. The Morgan fingerprint density at radius 2 is 2.00 bits per heavy atom. The van der Waals surface area contributed by atoms with E-state index in [-0.39, 0.29) is 36.4 Å². The number of nitrogens with zero attached hydrogens (tertiary/aromatic N) is 4. The standard InChI is InChI=1S/C29H40N6O8/c1-16(2)22(31)26(38)42-23-19(13-41-21(36)12-17-8-6-7-9-17)43-29(14-30,24(23)37)20-11-10-18-25(32-15-33-35(18)20)34-27(39)28(3,4)40-5/h10-11,15-17,19,22-24,37H,6-9,12-13,31H2,1-5H3,(H,32,33,34,39)/t19?,22?,23-,24-,29+/m1/s1. The number of nitrogens with one attached hydrogen (secondary N) is 1. The molecule has 1 aliphatic heterocycles. The highest BCUT2D eigenvalue weighted by molar-refractivity contribution is 5.98. The SMILES string of the molecule is COC(C)(C)C(=O)Nc1ncnn2c([C@]3(C#N)OC(COC(=O)CC4CCCC4)[C@@H](OC(=O)C(N)C(C)C)[C@H]3O)ccc12. The molecule has 14 nitrogen and oxygen atoms in total. The number of amides is 1. The van der Waals surface area contributed by atoms with Gasteiger partial charge in [-0.25, -0.2) is 9.50 Å². The summed E-state index contributed by atoms with van der Waals surface area (Å²) in [4.78, 5) is 42.4. The van der Waals surface area contributed by atoms with Crippen LogP contribution in [-0.4, -0.2) is 81.2 Å². The van der Waals surface area contributed by atoms with Crippen LogP contribution in [0.15, 0.2) is 18.5 Å². The highest BCUT2D eigenvalue weighted by Crippen LogP contribution is 2.42. The minimum atomic E-state index is -2.11. The van der Waals surface area contributed by atoms with Crippen molar-refractivity contribution in [2.45, 2.75) is 95.4 Å². The summed E-state index contributed by atoms with van der Waals surface area (Å²) in [6.07, 6.45) is 1.14. The van der Waals surface area contributed by atoms with Crippen LogP contribution in [0, 0.1) is 23.2 Å². The van der Waals surface area contributed by atoms with Gasteiger partial charge in [0.1, 0.15) is 48.4 Å². The number of carbonyl (C=O) groups is 3. The Morgan fingerprint density at radius 3 is 2.63 bits per heavy atom. The number of nitriles is 1. The van der Waals surface area contributed by atoms with Crippen molar-refractivity contribution in [2.75, 3.05) is 19.0 Å². The Morgan fingerprint density at radius 1 is 1.30 bits per heavy atom. The van der Waals surface area contributed by atoms with Crippen molar-refractivity contribution in [3.63, 3.8) is 0 Å². The van der Waals surface area contributed by atoms with Gasteiger partial charge in [0, 0.05) is 13.5 Å². The zero-order chi connectivity index (χ0) is 31.5. The number of aliphatic hydroxyl groups excluding tert-OH is 1. The zero-order valence-corrected chi connectivity index (χ0v) is 25.1. The zero-order valence-electron chi connectivity index (χ0n) is 25.1. The Hall–Kier alpha value is -3.64. The Labute approximate surface area is 249 Å². The number of methoxy groups -OCH3 is 1. The number of carbonyl (C=O) groups excluding carboxylic acids is 3. The molecule has 0 aromatic carbocycles. The number of hydrogen-bond donors (Lipinski definition) is 3. The van der Waals surface area contributed by atoms with Crippen LogP contribution in [0.25, 0.3) is 5.52 Å². The van der Waals surface area contributed by atoms with Crippen LogP contribution in [0.2, 0.25) is 0 Å². The highest BCUT2D eigenvalue weighted by atomic mass is 16.6. The molecular weight excluding hydrogens is 560 g/mol. The molecule has 1 aliphatic carbocycles. The number of anilines is 1. The van der Waals surface area contributed by atoms with Gasteiger partial charge in [-0.15, -0.1) is 0 Å². The maximum absolute atomic E-state index is 12.9. The molecule has 4 rings (SSSR count). The Bertz CT molecular complexity index is 1380. The number of ether oxygens (including phenoxy) is 4. The minimum Gasteiger partial charge on any atom is -0.463 e. The fourth-order valence-corrected chi connectivity index (χ4v) is 5.27. The molecule has 0 bridgehead atoms. The molecule has 4 N–H and O–H groups in total. The fraction of sp³-hybridized carbons (Fsp3) is 0.655. The van der Waals surface area contributed by atoms with Crippen molar-refractivity contribution in [3.05, 3.63) is 24.2 Å². The second-order valence-electron chi connectivity index (χ2n) is 12.0. The molecule has 0 radical (unpaired) electrons. The lowest BCUT2D eigenvalue weighted by atomic mass is 9.92. The lowest BCUT2D eigenvalue weighted by molar-refractivity contribution is -0.162. The second kappa shape index (κ2) is 12.9. The summed E-state index contributed by atoms with van der Waals surface area (Å²) >= 11 is 0. The van der Waals surface area contributed by atoms with Crippen molar-refractivity contribution in [2.24, 2.45) is 17.6 Å². The lowest BCUT2D eigenvalue weighted by Gasteiger charge is -2.26. The summed E-state index contributed by atoms with van der Waals surface area (Å²) in [6.45, 7) is 6.29. The van der Waals surface area contributed by atoms with Crippen molar-refractivity contribution in [1.82, 2.24) is 14.6 Å². The summed E-state index contributed by atoms with van der Waals surface area (Å²) in [5.41, 5.74) is 3.10. The van der Waals surface area contributed by atoms with Crippen LogP contribution in [0.3, 0.4) is 0 Å². The number of nitrogens with two attached hydrogens (primary N) is 1. The molecule has 2 aromatic heterocycles. The van der Waals surface area contributed by atoms with Gasteiger partial charge in [-0.2, -0.15) is 10.4 Å². The first-order valence-electron chi connectivity index (χ1n) is 14.4. The van der Waals surface area contributed by atoms with Gasteiger partial charge >= 0.3 is 11.9 Å². The van der Waals surface area contributed by atoms with Crippen molar-refractivity contribution in [3.8, 4) is 6.07 Å². The van der Waals surface area contributed by atoms with Gasteiger partial charge in [0.2, 0.25) is 5.60 Å². The van der Waals surface area contributed by atoms with Crippen molar-refractivity contribution >= 4 is 29.2 Å². The summed E-state index contributed by atoms with van der Waals surface area (Å²) in [7, 11) is 1.40. The van der Waals surface area contributed by atoms with Gasteiger partial charge in [-0.05, 0) is 50.7 Å². The average Bonchev–Trinajstić information content (AvgIpc) is 3.71. The third-order valence-corrected chi connectivity index (χ3v) is 8.30. The maximum atomic E-state index is 12.9. The molecule has 1 saturated carbocycles. The summed E-state index contributed by atoms with van der Waals surface area (Å²) < 4.78 is 23.8. The van der Waals surface area contributed by atoms with Gasteiger partial charge in [-0.3, -0.25) is 14.4 Å². The molecule has 234 valence electrons. The van der Waals surface area contributed by atoms with E-state index < -0.39 is 53.4 Å². The van der Waals surface area contributed by atoms with Gasteiger partial charge in [-0.1, -0.05) is 26.7 Å². The largest absolute Gasteiger partial charge is 0.463 e. The van der Waals surface area contributed by atoms with E-state index in [0.29, 0.717) is 5.52 Å². The smallest absolute Gasteiger partial charge is 0.323 e. The molecule has 2 fully saturated rings. The van der Waals surface area contributed by atoms with Crippen LogP contribution < -0.4 is 11.1 Å². The van der Waals surface area contributed by atoms with Crippen LogP contribution in [0.1, 0.15) is 65.5 Å². The van der Waals surface area contributed by atoms with E-state index in [0.717, 1.165) is 25.7 Å². The van der Waals surface area contributed by atoms with E-state index in [1.54, 1.807) is 33.8 Å². The molecular formula is C29H40N6O8. The second-order valence-corrected chi connectivity index (χ2v) is 12.0. The maximum Gasteiger partial charge on any atom is 0.323 e. The molecule has 5 atom stereocenters. The van der Waals surface area contributed by atoms with Gasteiger partial charge < -0.3 is 35.1 Å². The van der Waals surface area contributed by atoms with Gasteiger partial charge in [0.05, 0.1) is 5.69 Å². The topological polar surface area (TPSA) is 200 Å². The van der Waals surface area contributed by atoms with E-state index in [4.69, 9.17) is 24.7 Å². The predicted molar refractivity (Wildman–Crippen MR) is 151 cm³/mol. The molecule has 2 unspecified atom stereocenters. The number of esters is 2. The normalized spacial score (nSPS) is 25.0. The number of aromatic nitrogens is 3. The number of rotatable bonds is 11. The lowest BCUT2D eigenvalue weighted by Crippen LogP contribution is -2.46. The number of fused-ring (bicyclic) bond motifs is 1. The third-order valence-electron chi connectivity index (χ3n) is 8.30. The van der Waals surface area contributed by atoms with E-state index >= 15 is 0 Å². The van der Waals surface area contributed by atoms with E-state index in [1.807, 2.05) is 6.07 Å². The fourth-order valence-electron chi connectivity index (χ4n) is 5.27. The molecule has 1 saturated heterocycles. The van der Waals surface area contributed by atoms with Crippen LogP contribution in [0.4, 0.5) is 5.82 Å². The van der Waals surface area contributed by atoms with E-state index in [1.165, 1.54) is 24.0 Å². The molecule has 2 aromatic rings. The van der Waals surface area contributed by atoms with Crippen LogP contribution in [-0.2, 0) is 38.9 Å². The van der Waals surface area contributed by atoms with Gasteiger partial charge in [0.15, 0.2) is 11.9 Å². The van der Waals surface area contributed by atoms with Gasteiger partial charge in [0.25, 0.3) is 5.91 Å². The third kappa shape index (κ3) is 6.50. The van der Waals surface area contributed by atoms with E-state index in [2.05, 4.69) is 15.4 Å². The first-order chi connectivity index (χ1) is 20.3. The van der Waals surface area contributed by atoms with Crippen molar-refractivity contribution < 1.29 is 38.4 Å². The molecule has 1 amide bonds. The average molecular weight is 601 g/mol. The van der Waals surface area contributed by atoms with E-state index in [9.17, 15) is 24.8 Å². The Balaban J connectivity index is 1.65. The number of hydrogen-bond acceptors (Lipinski definition) is 12. The van der Waals surface area contributed by atoms with Crippen LogP contribution >= 0.6 is 0 Å². The summed E-state index contributed by atoms with van der Waals surface area (Å²) in [5.74, 6) is -1.61. The van der Waals surface area contributed by atoms with Crippen LogP contribution in [0.5, 0.6) is 0 Å². The monoisotopic (exact) mass is 600 g/mol.